The fraction of sp³-hybridized carbons (Fsp3) is 0.625. The standard InChI is InChI=1S/C16H24O8/c1-5-9-21-15(19)11(3)23-13(17)7-8-14(18)24-12(4)16(20)22-10-6-2/h7-8,11-12H,5-6,9-10H2,1-4H3/b8-7+. The fourth-order valence-electron chi connectivity index (χ4n) is 1.30. The third-order valence-electron chi connectivity index (χ3n) is 2.50. The van der Waals surface area contributed by atoms with Gasteiger partial charge in [-0.3, -0.25) is 0 Å². The van der Waals surface area contributed by atoms with Crippen molar-refractivity contribution in [3.8, 4) is 0 Å². The summed E-state index contributed by atoms with van der Waals surface area (Å²) in [6.45, 7) is 6.83. The van der Waals surface area contributed by atoms with Gasteiger partial charge in [-0.2, -0.15) is 0 Å². The van der Waals surface area contributed by atoms with Crippen molar-refractivity contribution < 1.29 is 38.1 Å². The Morgan fingerprint density at radius 1 is 0.750 bits per heavy atom. The Balaban J connectivity index is 4.27. The monoisotopic (exact) mass is 344 g/mol. The average molecular weight is 344 g/mol. The minimum atomic E-state index is -1.09. The Labute approximate surface area is 141 Å². The molecule has 0 spiro atoms. The van der Waals surface area contributed by atoms with E-state index in [0.717, 1.165) is 12.2 Å². The molecule has 24 heavy (non-hydrogen) atoms. The van der Waals surface area contributed by atoms with E-state index in [1.54, 1.807) is 0 Å². The summed E-state index contributed by atoms with van der Waals surface area (Å²) in [5.41, 5.74) is 0. The van der Waals surface area contributed by atoms with E-state index in [4.69, 9.17) is 18.9 Å². The van der Waals surface area contributed by atoms with E-state index in [0.29, 0.717) is 12.8 Å². The zero-order valence-electron chi connectivity index (χ0n) is 14.4. The van der Waals surface area contributed by atoms with Crippen molar-refractivity contribution in [2.75, 3.05) is 13.2 Å². The second-order valence-corrected chi connectivity index (χ2v) is 4.83. The van der Waals surface area contributed by atoms with Crippen LogP contribution < -0.4 is 0 Å². The third kappa shape index (κ3) is 9.60. The summed E-state index contributed by atoms with van der Waals surface area (Å²) in [7, 11) is 0. The molecule has 8 heteroatoms. The van der Waals surface area contributed by atoms with Crippen LogP contribution in [0.3, 0.4) is 0 Å². The number of esters is 4. The van der Waals surface area contributed by atoms with Crippen LogP contribution in [-0.2, 0) is 38.1 Å². The molecule has 0 aliphatic heterocycles. The minimum absolute atomic E-state index is 0.231. The molecule has 0 heterocycles. The molecule has 2 atom stereocenters. The van der Waals surface area contributed by atoms with Crippen LogP contribution in [0.25, 0.3) is 0 Å². The molecule has 0 saturated carbocycles. The highest BCUT2D eigenvalue weighted by molar-refractivity contribution is 5.93. The maximum absolute atomic E-state index is 11.5. The van der Waals surface area contributed by atoms with E-state index in [-0.39, 0.29) is 13.2 Å². The Kier molecular flexibility index (Phi) is 10.9. The first-order valence-electron chi connectivity index (χ1n) is 7.74. The topological polar surface area (TPSA) is 105 Å². The zero-order chi connectivity index (χ0) is 18.5. The van der Waals surface area contributed by atoms with Crippen molar-refractivity contribution in [2.45, 2.75) is 52.7 Å². The number of hydrogen-bond donors (Lipinski definition) is 0. The number of ether oxygens (including phenoxy) is 4. The normalized spacial score (nSPS) is 13.0. The van der Waals surface area contributed by atoms with Crippen LogP contribution in [-0.4, -0.2) is 49.3 Å². The van der Waals surface area contributed by atoms with Gasteiger partial charge in [0, 0.05) is 12.2 Å². The number of hydrogen-bond acceptors (Lipinski definition) is 8. The highest BCUT2D eigenvalue weighted by atomic mass is 16.6. The number of carbonyl (C=O) groups is 4. The Morgan fingerprint density at radius 2 is 1.08 bits per heavy atom. The van der Waals surface area contributed by atoms with Crippen molar-refractivity contribution in [3.63, 3.8) is 0 Å². The van der Waals surface area contributed by atoms with Crippen LogP contribution >= 0.6 is 0 Å². The van der Waals surface area contributed by atoms with Gasteiger partial charge in [-0.05, 0) is 26.7 Å². The van der Waals surface area contributed by atoms with E-state index in [2.05, 4.69) is 0 Å². The highest BCUT2D eigenvalue weighted by Crippen LogP contribution is 2.00. The lowest BCUT2D eigenvalue weighted by Crippen LogP contribution is -2.27. The van der Waals surface area contributed by atoms with Gasteiger partial charge in [0.15, 0.2) is 12.2 Å². The largest absolute Gasteiger partial charge is 0.463 e. The lowest BCUT2D eigenvalue weighted by molar-refractivity contribution is -0.164. The summed E-state index contributed by atoms with van der Waals surface area (Å²) >= 11 is 0. The molecule has 0 aliphatic carbocycles. The Morgan fingerprint density at radius 3 is 1.38 bits per heavy atom. The zero-order valence-corrected chi connectivity index (χ0v) is 14.4. The van der Waals surface area contributed by atoms with Crippen LogP contribution in [0.5, 0.6) is 0 Å². The SMILES string of the molecule is CCCOC(=O)C(C)OC(=O)/C=C/C(=O)OC(C)C(=O)OCCC. The van der Waals surface area contributed by atoms with E-state index in [1.165, 1.54) is 13.8 Å². The summed E-state index contributed by atoms with van der Waals surface area (Å²) in [6, 6.07) is 0. The molecule has 0 rings (SSSR count). The summed E-state index contributed by atoms with van der Waals surface area (Å²) < 4.78 is 19.1. The van der Waals surface area contributed by atoms with E-state index in [9.17, 15) is 19.2 Å². The van der Waals surface area contributed by atoms with Gasteiger partial charge in [0.2, 0.25) is 0 Å². The van der Waals surface area contributed by atoms with Crippen LogP contribution in [0, 0.1) is 0 Å². The fourth-order valence-corrected chi connectivity index (χ4v) is 1.30. The molecule has 0 radical (unpaired) electrons. The predicted octanol–water partition coefficient (Wildman–Crippen LogP) is 1.31. The van der Waals surface area contributed by atoms with E-state index < -0.39 is 36.1 Å². The number of carbonyl (C=O) groups excluding carboxylic acids is 4. The van der Waals surface area contributed by atoms with Crippen LogP contribution in [0.4, 0.5) is 0 Å². The molecular weight excluding hydrogens is 320 g/mol. The van der Waals surface area contributed by atoms with Crippen LogP contribution in [0.1, 0.15) is 40.5 Å². The first-order valence-corrected chi connectivity index (χ1v) is 7.74. The minimum Gasteiger partial charge on any atom is -0.463 e. The Hall–Kier alpha value is -2.38. The lowest BCUT2D eigenvalue weighted by Gasteiger charge is -2.11. The van der Waals surface area contributed by atoms with Crippen LogP contribution in [0.15, 0.2) is 12.2 Å². The molecule has 0 aromatic heterocycles. The predicted molar refractivity (Wildman–Crippen MR) is 82.7 cm³/mol. The van der Waals surface area contributed by atoms with E-state index in [1.807, 2.05) is 13.8 Å². The number of rotatable bonds is 10. The van der Waals surface area contributed by atoms with Crippen molar-refractivity contribution in [1.82, 2.24) is 0 Å². The smallest absolute Gasteiger partial charge is 0.347 e. The van der Waals surface area contributed by atoms with Crippen molar-refractivity contribution >= 4 is 23.9 Å². The second kappa shape index (κ2) is 12.1. The molecule has 0 fully saturated rings. The summed E-state index contributed by atoms with van der Waals surface area (Å²) in [6.07, 6.45) is 0.723. The van der Waals surface area contributed by atoms with Crippen molar-refractivity contribution in [2.24, 2.45) is 0 Å². The molecule has 0 N–H and O–H groups in total. The Bertz CT molecular complexity index is 427. The van der Waals surface area contributed by atoms with Crippen molar-refractivity contribution in [1.29, 1.82) is 0 Å². The van der Waals surface area contributed by atoms with Gasteiger partial charge >= 0.3 is 23.9 Å². The first-order chi connectivity index (χ1) is 11.3. The van der Waals surface area contributed by atoms with Gasteiger partial charge in [-0.25, -0.2) is 19.2 Å². The second-order valence-electron chi connectivity index (χ2n) is 4.83. The molecule has 0 amide bonds. The molecule has 0 aromatic carbocycles. The molecule has 0 saturated heterocycles. The molecular formula is C16H24O8. The van der Waals surface area contributed by atoms with Crippen LogP contribution in [0.2, 0.25) is 0 Å². The van der Waals surface area contributed by atoms with Crippen molar-refractivity contribution in [3.05, 3.63) is 12.2 Å². The third-order valence-corrected chi connectivity index (χ3v) is 2.50. The quantitative estimate of drug-likeness (QED) is 0.332. The van der Waals surface area contributed by atoms with Gasteiger partial charge in [-0.1, -0.05) is 13.8 Å². The van der Waals surface area contributed by atoms with Gasteiger partial charge in [0.25, 0.3) is 0 Å². The summed E-state index contributed by atoms with van der Waals surface area (Å²) in [5, 5.41) is 0. The van der Waals surface area contributed by atoms with Gasteiger partial charge < -0.3 is 18.9 Å². The van der Waals surface area contributed by atoms with Gasteiger partial charge in [0.1, 0.15) is 0 Å². The molecule has 0 aliphatic rings. The molecule has 0 bridgehead atoms. The van der Waals surface area contributed by atoms with Gasteiger partial charge in [0.05, 0.1) is 13.2 Å². The maximum atomic E-state index is 11.5. The lowest BCUT2D eigenvalue weighted by atomic mass is 10.4. The summed E-state index contributed by atoms with van der Waals surface area (Å²) in [4.78, 5) is 45.8. The maximum Gasteiger partial charge on any atom is 0.347 e. The molecule has 136 valence electrons. The highest BCUT2D eigenvalue weighted by Gasteiger charge is 2.19. The average Bonchev–Trinajstić information content (AvgIpc) is 2.55. The van der Waals surface area contributed by atoms with E-state index >= 15 is 0 Å². The van der Waals surface area contributed by atoms with Gasteiger partial charge in [-0.15, -0.1) is 0 Å². The molecule has 8 nitrogen and oxygen atoms in total. The summed E-state index contributed by atoms with van der Waals surface area (Å²) in [5.74, 6) is -3.16. The first kappa shape index (κ1) is 21.6. The molecule has 0 aromatic rings. The molecule has 2 unspecified atom stereocenters.